The van der Waals surface area contributed by atoms with E-state index in [0.29, 0.717) is 5.69 Å². The lowest BCUT2D eigenvalue weighted by molar-refractivity contribution is -0.116. The predicted molar refractivity (Wildman–Crippen MR) is 81.3 cm³/mol. The summed E-state index contributed by atoms with van der Waals surface area (Å²) in [5.74, 6) is 1.31. The van der Waals surface area contributed by atoms with Crippen molar-refractivity contribution in [1.29, 1.82) is 0 Å². The van der Waals surface area contributed by atoms with Crippen LogP contribution in [0.15, 0.2) is 25.0 Å². The number of nitrogens with one attached hydrogen (secondary N) is 1. The fourth-order valence-electron chi connectivity index (χ4n) is 2.42. The van der Waals surface area contributed by atoms with Crippen LogP contribution in [0.5, 0.6) is 0 Å². The minimum atomic E-state index is -0.186. The molecule has 0 radical (unpaired) electrons. The van der Waals surface area contributed by atoms with Crippen LogP contribution in [-0.2, 0) is 11.3 Å². The van der Waals surface area contributed by atoms with Crippen LogP contribution in [0.2, 0.25) is 0 Å². The van der Waals surface area contributed by atoms with Crippen LogP contribution in [0.1, 0.15) is 19.8 Å². The SMILES string of the molecule is CC1CCN(c2ncc(NC(=O)Cn3cncn3)cn2)CC1. The number of piperidine rings is 1. The standard InChI is InChI=1S/C14H19N7O/c1-11-2-4-20(5-3-11)14-16-6-12(7-17-14)19-13(22)8-21-10-15-9-18-21/h6-7,9-11H,2-5,8H2,1H3,(H,19,22). The third-order valence-electron chi connectivity index (χ3n) is 3.76. The zero-order valence-corrected chi connectivity index (χ0v) is 12.5. The van der Waals surface area contributed by atoms with Gasteiger partial charge in [0, 0.05) is 13.1 Å². The van der Waals surface area contributed by atoms with E-state index in [0.717, 1.165) is 25.0 Å². The molecule has 1 aliphatic heterocycles. The first-order chi connectivity index (χ1) is 10.7. The van der Waals surface area contributed by atoms with Crippen LogP contribution >= 0.6 is 0 Å². The van der Waals surface area contributed by atoms with Gasteiger partial charge in [-0.3, -0.25) is 4.79 Å². The Balaban J connectivity index is 1.56. The maximum atomic E-state index is 11.8. The number of nitrogens with zero attached hydrogens (tertiary/aromatic N) is 6. The molecule has 3 rings (SSSR count). The Morgan fingerprint density at radius 3 is 2.68 bits per heavy atom. The lowest BCUT2D eigenvalue weighted by Crippen LogP contribution is -2.34. The Morgan fingerprint density at radius 2 is 2.05 bits per heavy atom. The largest absolute Gasteiger partial charge is 0.341 e. The molecule has 0 atom stereocenters. The molecule has 0 unspecified atom stereocenters. The summed E-state index contributed by atoms with van der Waals surface area (Å²) in [6.45, 7) is 4.36. The highest BCUT2D eigenvalue weighted by atomic mass is 16.2. The van der Waals surface area contributed by atoms with E-state index in [2.05, 4.69) is 37.2 Å². The first kappa shape index (κ1) is 14.4. The van der Waals surface area contributed by atoms with Crippen molar-refractivity contribution in [2.45, 2.75) is 26.3 Å². The lowest BCUT2D eigenvalue weighted by Gasteiger charge is -2.30. The molecule has 0 spiro atoms. The highest BCUT2D eigenvalue weighted by Gasteiger charge is 2.17. The van der Waals surface area contributed by atoms with E-state index in [1.165, 1.54) is 30.2 Å². The van der Waals surface area contributed by atoms with Crippen molar-refractivity contribution < 1.29 is 4.79 Å². The molecule has 3 heterocycles. The first-order valence-electron chi connectivity index (χ1n) is 7.40. The quantitative estimate of drug-likeness (QED) is 0.904. The number of carbonyl (C=O) groups excluding carboxylic acids is 1. The van der Waals surface area contributed by atoms with E-state index in [1.807, 2.05) is 0 Å². The van der Waals surface area contributed by atoms with Crippen LogP contribution in [0.3, 0.4) is 0 Å². The van der Waals surface area contributed by atoms with Gasteiger partial charge in [-0.15, -0.1) is 0 Å². The van der Waals surface area contributed by atoms with Gasteiger partial charge in [0.1, 0.15) is 19.2 Å². The van der Waals surface area contributed by atoms with E-state index in [9.17, 15) is 4.79 Å². The maximum absolute atomic E-state index is 11.8. The number of aromatic nitrogens is 5. The van der Waals surface area contributed by atoms with Crippen molar-refractivity contribution in [3.05, 3.63) is 25.0 Å². The lowest BCUT2D eigenvalue weighted by atomic mass is 10.00. The fourth-order valence-corrected chi connectivity index (χ4v) is 2.42. The van der Waals surface area contributed by atoms with Gasteiger partial charge < -0.3 is 10.2 Å². The molecule has 1 amide bonds. The number of amides is 1. The van der Waals surface area contributed by atoms with Gasteiger partial charge >= 0.3 is 0 Å². The van der Waals surface area contributed by atoms with E-state index in [4.69, 9.17) is 0 Å². The molecule has 22 heavy (non-hydrogen) atoms. The van der Waals surface area contributed by atoms with Gasteiger partial charge in [0.2, 0.25) is 11.9 Å². The Kier molecular flexibility index (Phi) is 4.27. The highest BCUT2D eigenvalue weighted by molar-refractivity contribution is 5.90. The minimum absolute atomic E-state index is 0.117. The monoisotopic (exact) mass is 301 g/mol. The summed E-state index contributed by atoms with van der Waals surface area (Å²) in [6.07, 6.45) is 8.50. The highest BCUT2D eigenvalue weighted by Crippen LogP contribution is 2.20. The molecule has 2 aromatic heterocycles. The minimum Gasteiger partial charge on any atom is -0.341 e. The smallest absolute Gasteiger partial charge is 0.246 e. The number of anilines is 2. The molecule has 8 heteroatoms. The molecule has 0 aromatic carbocycles. The summed E-state index contributed by atoms with van der Waals surface area (Å²) in [5, 5.41) is 6.63. The van der Waals surface area contributed by atoms with Crippen molar-refractivity contribution in [3.8, 4) is 0 Å². The molecule has 1 fully saturated rings. The van der Waals surface area contributed by atoms with E-state index >= 15 is 0 Å². The summed E-state index contributed by atoms with van der Waals surface area (Å²) >= 11 is 0. The van der Waals surface area contributed by atoms with Gasteiger partial charge in [0.05, 0.1) is 18.1 Å². The van der Waals surface area contributed by atoms with Gasteiger partial charge in [-0.25, -0.2) is 19.6 Å². The van der Waals surface area contributed by atoms with Crippen LogP contribution in [0.4, 0.5) is 11.6 Å². The van der Waals surface area contributed by atoms with Crippen LogP contribution < -0.4 is 10.2 Å². The molecule has 2 aromatic rings. The third kappa shape index (κ3) is 3.57. The van der Waals surface area contributed by atoms with Crippen LogP contribution in [0, 0.1) is 5.92 Å². The average Bonchev–Trinajstić information content (AvgIpc) is 3.02. The molecular formula is C14H19N7O. The van der Waals surface area contributed by atoms with Crippen LogP contribution in [-0.4, -0.2) is 43.7 Å². The Labute approximate surface area is 128 Å². The predicted octanol–water partition coefficient (Wildman–Crippen LogP) is 0.943. The molecule has 1 saturated heterocycles. The Hall–Kier alpha value is -2.51. The maximum Gasteiger partial charge on any atom is 0.246 e. The second-order valence-corrected chi connectivity index (χ2v) is 5.58. The molecule has 8 nitrogen and oxygen atoms in total. The normalized spacial score (nSPS) is 15.8. The topological polar surface area (TPSA) is 88.8 Å². The van der Waals surface area contributed by atoms with E-state index in [-0.39, 0.29) is 12.5 Å². The summed E-state index contributed by atoms with van der Waals surface area (Å²) in [5.41, 5.74) is 0.583. The fraction of sp³-hybridized carbons (Fsp3) is 0.500. The third-order valence-corrected chi connectivity index (χ3v) is 3.76. The summed E-state index contributed by atoms with van der Waals surface area (Å²) in [6, 6.07) is 0. The number of hydrogen-bond donors (Lipinski definition) is 1. The summed E-state index contributed by atoms with van der Waals surface area (Å²) in [7, 11) is 0. The van der Waals surface area contributed by atoms with Gasteiger partial charge in [0.15, 0.2) is 0 Å². The molecule has 0 saturated carbocycles. The Bertz CT molecular complexity index is 603. The second-order valence-electron chi connectivity index (χ2n) is 5.58. The van der Waals surface area contributed by atoms with Gasteiger partial charge in [-0.05, 0) is 18.8 Å². The first-order valence-corrected chi connectivity index (χ1v) is 7.40. The average molecular weight is 301 g/mol. The molecular weight excluding hydrogens is 282 g/mol. The van der Waals surface area contributed by atoms with E-state index in [1.54, 1.807) is 12.4 Å². The van der Waals surface area contributed by atoms with Crippen molar-refractivity contribution in [3.63, 3.8) is 0 Å². The zero-order chi connectivity index (χ0) is 15.4. The number of carbonyl (C=O) groups is 1. The molecule has 0 bridgehead atoms. The number of rotatable bonds is 4. The van der Waals surface area contributed by atoms with Crippen LogP contribution in [0.25, 0.3) is 0 Å². The second kappa shape index (κ2) is 6.50. The summed E-state index contributed by atoms with van der Waals surface area (Å²) in [4.78, 5) is 26.5. The van der Waals surface area contributed by atoms with Crippen molar-refractivity contribution in [1.82, 2.24) is 24.7 Å². The van der Waals surface area contributed by atoms with E-state index < -0.39 is 0 Å². The molecule has 1 aliphatic rings. The van der Waals surface area contributed by atoms with Crippen molar-refractivity contribution >= 4 is 17.5 Å². The molecule has 1 N–H and O–H groups in total. The van der Waals surface area contributed by atoms with Crippen molar-refractivity contribution in [2.75, 3.05) is 23.3 Å². The zero-order valence-electron chi connectivity index (χ0n) is 12.5. The molecule has 116 valence electrons. The van der Waals surface area contributed by atoms with Gasteiger partial charge in [-0.2, -0.15) is 5.10 Å². The Morgan fingerprint density at radius 1 is 1.32 bits per heavy atom. The molecule has 0 aliphatic carbocycles. The van der Waals surface area contributed by atoms with Gasteiger partial charge in [0.25, 0.3) is 0 Å². The van der Waals surface area contributed by atoms with Gasteiger partial charge in [-0.1, -0.05) is 6.92 Å². The summed E-state index contributed by atoms with van der Waals surface area (Å²) < 4.78 is 1.46. The number of hydrogen-bond acceptors (Lipinski definition) is 6. The van der Waals surface area contributed by atoms with Crippen molar-refractivity contribution in [2.24, 2.45) is 5.92 Å².